The number of hydrogen-bond donors (Lipinski definition) is 0. The van der Waals surface area contributed by atoms with E-state index in [-0.39, 0.29) is 0 Å². The third-order valence-electron chi connectivity index (χ3n) is 5.63. The molecule has 0 amide bonds. The molecule has 2 heterocycles. The highest BCUT2D eigenvalue weighted by Crippen LogP contribution is 2.38. The molecule has 0 saturated carbocycles. The first-order valence-corrected chi connectivity index (χ1v) is 13.7. The molecular formula is C26H42S2. The van der Waals surface area contributed by atoms with Crippen LogP contribution in [0.25, 0.3) is 9.75 Å². The predicted molar refractivity (Wildman–Crippen MR) is 131 cm³/mol. The number of rotatable bonds is 16. The molecule has 0 fully saturated rings. The quantitative estimate of drug-likeness (QED) is 0.238. The van der Waals surface area contributed by atoms with Gasteiger partial charge in [-0.25, -0.2) is 0 Å². The van der Waals surface area contributed by atoms with Crippen LogP contribution in [0, 0.1) is 0 Å². The lowest BCUT2D eigenvalue weighted by Gasteiger charge is -2.02. The number of unbranched alkanes of at least 4 members (excludes halogenated alkanes) is 9. The summed E-state index contributed by atoms with van der Waals surface area (Å²) < 4.78 is 0. The first kappa shape index (κ1) is 23.7. The van der Waals surface area contributed by atoms with Crippen LogP contribution in [-0.4, -0.2) is 0 Å². The van der Waals surface area contributed by atoms with Gasteiger partial charge in [-0.2, -0.15) is 0 Å². The Morgan fingerprint density at radius 2 is 1.25 bits per heavy atom. The molecule has 0 unspecified atom stereocenters. The lowest BCUT2D eigenvalue weighted by molar-refractivity contribution is 0.665. The van der Waals surface area contributed by atoms with Crippen LogP contribution in [0.15, 0.2) is 17.5 Å². The topological polar surface area (TPSA) is 0 Å². The molecule has 2 rings (SSSR count). The zero-order valence-electron chi connectivity index (χ0n) is 18.7. The molecule has 0 spiro atoms. The Bertz CT molecular complexity index is 635. The van der Waals surface area contributed by atoms with Crippen LogP contribution in [0.3, 0.4) is 0 Å². The Balaban J connectivity index is 2.02. The van der Waals surface area contributed by atoms with Gasteiger partial charge in [-0.3, -0.25) is 0 Å². The molecule has 0 radical (unpaired) electrons. The van der Waals surface area contributed by atoms with Crippen molar-refractivity contribution in [1.82, 2.24) is 0 Å². The fraction of sp³-hybridized carbons (Fsp3) is 0.692. The van der Waals surface area contributed by atoms with Gasteiger partial charge in [0.15, 0.2) is 0 Å². The fourth-order valence-electron chi connectivity index (χ4n) is 3.85. The zero-order chi connectivity index (χ0) is 20.0. The second kappa shape index (κ2) is 14.4. The summed E-state index contributed by atoms with van der Waals surface area (Å²) in [4.78, 5) is 4.74. The molecule has 0 N–H and O–H groups in total. The molecule has 0 aliphatic heterocycles. The maximum atomic E-state index is 2.55. The van der Waals surface area contributed by atoms with Crippen LogP contribution < -0.4 is 0 Å². The predicted octanol–water partition coefficient (Wildman–Crippen LogP) is 9.84. The number of aryl methyl sites for hydroxylation is 3. The average Bonchev–Trinajstić information content (AvgIpc) is 3.33. The second-order valence-electron chi connectivity index (χ2n) is 8.32. The van der Waals surface area contributed by atoms with E-state index < -0.39 is 0 Å². The lowest BCUT2D eigenvalue weighted by atomic mass is 10.0. The maximum Gasteiger partial charge on any atom is 0.0477 e. The first-order chi connectivity index (χ1) is 13.8. The molecule has 0 aliphatic carbocycles. The molecule has 28 heavy (non-hydrogen) atoms. The Morgan fingerprint density at radius 1 is 0.643 bits per heavy atom. The largest absolute Gasteiger partial charge is 0.143 e. The van der Waals surface area contributed by atoms with Gasteiger partial charge in [-0.1, -0.05) is 78.6 Å². The van der Waals surface area contributed by atoms with Crippen molar-refractivity contribution >= 4 is 22.7 Å². The van der Waals surface area contributed by atoms with Crippen LogP contribution >= 0.6 is 22.7 Å². The minimum atomic E-state index is 1.26. The van der Waals surface area contributed by atoms with Gasteiger partial charge >= 0.3 is 0 Å². The standard InChI is InChI=1S/C26H42S2/c1-4-7-10-13-16-22-19-25(27-21-22)26-23(17-14-11-8-5-2)20-24(28-26)18-15-12-9-6-3/h19-21H,4-18H2,1-3H3. The van der Waals surface area contributed by atoms with Crippen LogP contribution in [0.5, 0.6) is 0 Å². The monoisotopic (exact) mass is 418 g/mol. The van der Waals surface area contributed by atoms with Crippen molar-refractivity contribution in [2.24, 2.45) is 0 Å². The van der Waals surface area contributed by atoms with Gasteiger partial charge in [0.25, 0.3) is 0 Å². The summed E-state index contributed by atoms with van der Waals surface area (Å²) >= 11 is 4.07. The average molecular weight is 419 g/mol. The lowest BCUT2D eigenvalue weighted by Crippen LogP contribution is -1.86. The molecule has 0 saturated heterocycles. The summed E-state index contributed by atoms with van der Waals surface area (Å²) in [6.45, 7) is 6.90. The van der Waals surface area contributed by atoms with Gasteiger partial charge in [0, 0.05) is 14.6 Å². The summed E-state index contributed by atoms with van der Waals surface area (Å²) in [6, 6.07) is 5.05. The molecule has 0 aliphatic rings. The molecule has 0 nitrogen and oxygen atoms in total. The summed E-state index contributed by atoms with van der Waals surface area (Å²) in [5.41, 5.74) is 3.19. The number of thiophene rings is 2. The SMILES string of the molecule is CCCCCCc1csc(-c2sc(CCCCCC)cc2CCCCCC)c1. The van der Waals surface area contributed by atoms with E-state index in [9.17, 15) is 0 Å². The van der Waals surface area contributed by atoms with Gasteiger partial charge in [-0.05, 0) is 67.2 Å². The molecular weight excluding hydrogens is 376 g/mol. The molecule has 2 heteroatoms. The van der Waals surface area contributed by atoms with Gasteiger partial charge in [-0.15, -0.1) is 22.7 Å². The van der Waals surface area contributed by atoms with Crippen molar-refractivity contribution < 1.29 is 0 Å². The normalized spacial score (nSPS) is 11.4. The van der Waals surface area contributed by atoms with E-state index in [2.05, 4.69) is 49.6 Å². The van der Waals surface area contributed by atoms with Crippen LogP contribution in [0.4, 0.5) is 0 Å². The minimum absolute atomic E-state index is 1.26. The van der Waals surface area contributed by atoms with E-state index in [0.29, 0.717) is 0 Å². The van der Waals surface area contributed by atoms with E-state index >= 15 is 0 Å². The second-order valence-corrected chi connectivity index (χ2v) is 10.4. The Hall–Kier alpha value is -0.600. The summed E-state index contributed by atoms with van der Waals surface area (Å²) in [6.07, 6.45) is 20.1. The summed E-state index contributed by atoms with van der Waals surface area (Å²) in [7, 11) is 0. The Kier molecular flexibility index (Phi) is 12.2. The van der Waals surface area contributed by atoms with Gasteiger partial charge in [0.05, 0.1) is 0 Å². The molecule has 2 aromatic rings. The van der Waals surface area contributed by atoms with Crippen molar-refractivity contribution in [2.75, 3.05) is 0 Å². The van der Waals surface area contributed by atoms with Crippen molar-refractivity contribution in [3.63, 3.8) is 0 Å². The Labute approximate surface area is 182 Å². The van der Waals surface area contributed by atoms with Crippen molar-refractivity contribution in [1.29, 1.82) is 0 Å². The van der Waals surface area contributed by atoms with Crippen LogP contribution in [-0.2, 0) is 19.3 Å². The van der Waals surface area contributed by atoms with Crippen molar-refractivity contribution in [3.8, 4) is 9.75 Å². The van der Waals surface area contributed by atoms with Gasteiger partial charge in [0.1, 0.15) is 0 Å². The highest BCUT2D eigenvalue weighted by molar-refractivity contribution is 7.21. The molecule has 158 valence electrons. The van der Waals surface area contributed by atoms with Crippen molar-refractivity contribution in [3.05, 3.63) is 33.5 Å². The molecule has 0 aromatic carbocycles. The summed E-state index contributed by atoms with van der Waals surface area (Å²) in [5.74, 6) is 0. The first-order valence-electron chi connectivity index (χ1n) is 12.0. The zero-order valence-corrected chi connectivity index (χ0v) is 20.3. The van der Waals surface area contributed by atoms with E-state index in [1.165, 1.54) is 101 Å². The van der Waals surface area contributed by atoms with E-state index in [4.69, 9.17) is 0 Å². The molecule has 2 aromatic heterocycles. The highest BCUT2D eigenvalue weighted by Gasteiger charge is 2.13. The van der Waals surface area contributed by atoms with Crippen molar-refractivity contribution in [2.45, 2.75) is 117 Å². The minimum Gasteiger partial charge on any atom is -0.143 e. The third-order valence-corrected chi connectivity index (χ3v) is 8.03. The number of hydrogen-bond acceptors (Lipinski definition) is 2. The highest BCUT2D eigenvalue weighted by atomic mass is 32.1. The van der Waals surface area contributed by atoms with E-state index in [1.54, 1.807) is 20.9 Å². The van der Waals surface area contributed by atoms with E-state index in [0.717, 1.165) is 0 Å². The van der Waals surface area contributed by atoms with Crippen LogP contribution in [0.1, 0.15) is 114 Å². The smallest absolute Gasteiger partial charge is 0.0477 e. The van der Waals surface area contributed by atoms with Gasteiger partial charge in [0.2, 0.25) is 0 Å². The Morgan fingerprint density at radius 3 is 1.89 bits per heavy atom. The maximum absolute atomic E-state index is 2.55. The van der Waals surface area contributed by atoms with Crippen LogP contribution in [0.2, 0.25) is 0 Å². The molecule has 0 atom stereocenters. The molecule has 0 bridgehead atoms. The van der Waals surface area contributed by atoms with Gasteiger partial charge < -0.3 is 0 Å². The third kappa shape index (κ3) is 8.41. The fourth-order valence-corrected chi connectivity index (χ4v) is 6.21. The van der Waals surface area contributed by atoms with E-state index in [1.807, 2.05) is 11.3 Å². The summed E-state index contributed by atoms with van der Waals surface area (Å²) in [5, 5.41) is 2.42.